The van der Waals surface area contributed by atoms with Crippen LogP contribution in [-0.4, -0.2) is 49.9 Å². The fraction of sp³-hybridized carbons (Fsp3) is 0.250. The van der Waals surface area contributed by atoms with Crippen LogP contribution in [0.4, 0.5) is 11.4 Å². The van der Waals surface area contributed by atoms with E-state index in [4.69, 9.17) is 10.5 Å². The number of carbonyl (C=O) groups is 3. The Morgan fingerprint density at radius 3 is 2.46 bits per heavy atom. The average molecular weight is 384 g/mol. The van der Waals surface area contributed by atoms with E-state index < -0.39 is 5.91 Å². The molecule has 2 aromatic rings. The van der Waals surface area contributed by atoms with Crippen LogP contribution in [-0.2, 0) is 9.59 Å². The average Bonchev–Trinajstić information content (AvgIpc) is 2.62. The van der Waals surface area contributed by atoms with Gasteiger partial charge in [-0.1, -0.05) is 12.1 Å². The lowest BCUT2D eigenvalue weighted by Crippen LogP contribution is -2.27. The van der Waals surface area contributed by atoms with Crippen LogP contribution in [0.3, 0.4) is 0 Å². The first-order chi connectivity index (χ1) is 13.2. The van der Waals surface area contributed by atoms with Gasteiger partial charge in [0.25, 0.3) is 11.8 Å². The highest BCUT2D eigenvalue weighted by atomic mass is 16.5. The molecule has 0 fully saturated rings. The Bertz CT molecular complexity index is 880. The number of carbonyl (C=O) groups excluding carboxylic acids is 3. The fourth-order valence-electron chi connectivity index (χ4n) is 2.42. The number of nitrogens with one attached hydrogen (secondary N) is 2. The number of nitrogens with two attached hydrogens (primary N) is 1. The smallest absolute Gasteiger partial charge is 0.255 e. The fourth-order valence-corrected chi connectivity index (χ4v) is 2.42. The van der Waals surface area contributed by atoms with Crippen molar-refractivity contribution in [3.8, 4) is 5.75 Å². The van der Waals surface area contributed by atoms with Crippen LogP contribution in [0.25, 0.3) is 0 Å². The molecule has 0 radical (unpaired) electrons. The number of likely N-dealkylation sites (N-methyl/N-ethyl adjacent to an activating group) is 1. The van der Waals surface area contributed by atoms with Crippen molar-refractivity contribution in [2.24, 2.45) is 5.73 Å². The van der Waals surface area contributed by atoms with E-state index in [9.17, 15) is 14.4 Å². The summed E-state index contributed by atoms with van der Waals surface area (Å²) in [5.41, 5.74) is 7.32. The van der Waals surface area contributed by atoms with E-state index in [2.05, 4.69) is 10.6 Å². The summed E-state index contributed by atoms with van der Waals surface area (Å²) < 4.78 is 5.22. The van der Waals surface area contributed by atoms with E-state index in [-0.39, 0.29) is 25.0 Å². The predicted molar refractivity (Wildman–Crippen MR) is 107 cm³/mol. The topological polar surface area (TPSA) is 114 Å². The van der Waals surface area contributed by atoms with E-state index in [1.165, 1.54) is 6.07 Å². The molecule has 0 spiro atoms. The van der Waals surface area contributed by atoms with Gasteiger partial charge in [0.15, 0.2) is 6.61 Å². The van der Waals surface area contributed by atoms with Crippen molar-refractivity contribution in [2.75, 3.05) is 37.9 Å². The molecule has 0 aliphatic rings. The second-order valence-corrected chi connectivity index (χ2v) is 6.57. The minimum absolute atomic E-state index is 0.189. The standard InChI is InChI=1S/C20H24N4O4/c1-13-7-8-16(22-19(26)11-24(2)3)17(9-13)23-20(27)14-5-4-6-15(10-14)28-12-18(21)25/h4-10H,11-12H2,1-3H3,(H2,21,25)(H,22,26)(H,23,27). The van der Waals surface area contributed by atoms with Gasteiger partial charge in [-0.05, 0) is 56.9 Å². The van der Waals surface area contributed by atoms with Gasteiger partial charge in [-0.2, -0.15) is 0 Å². The maximum Gasteiger partial charge on any atom is 0.255 e. The summed E-state index contributed by atoms with van der Waals surface area (Å²) in [4.78, 5) is 37.3. The number of benzene rings is 2. The third kappa shape index (κ3) is 6.40. The molecule has 0 aliphatic carbocycles. The van der Waals surface area contributed by atoms with Crippen LogP contribution >= 0.6 is 0 Å². The van der Waals surface area contributed by atoms with Crippen LogP contribution in [0.1, 0.15) is 15.9 Å². The lowest BCUT2D eigenvalue weighted by molar-refractivity contribution is -0.120. The maximum absolute atomic E-state index is 12.7. The van der Waals surface area contributed by atoms with Gasteiger partial charge in [0, 0.05) is 5.56 Å². The number of aryl methyl sites for hydroxylation is 1. The molecule has 2 aromatic carbocycles. The third-order valence-electron chi connectivity index (χ3n) is 3.63. The Morgan fingerprint density at radius 2 is 1.79 bits per heavy atom. The molecule has 2 rings (SSSR count). The zero-order valence-corrected chi connectivity index (χ0v) is 16.1. The number of hydrogen-bond acceptors (Lipinski definition) is 5. The molecule has 0 aliphatic heterocycles. The van der Waals surface area contributed by atoms with Crippen LogP contribution < -0.4 is 21.1 Å². The van der Waals surface area contributed by atoms with E-state index in [0.717, 1.165) is 5.56 Å². The molecule has 0 unspecified atom stereocenters. The monoisotopic (exact) mass is 384 g/mol. The van der Waals surface area contributed by atoms with E-state index in [1.54, 1.807) is 49.3 Å². The first-order valence-electron chi connectivity index (χ1n) is 8.62. The maximum atomic E-state index is 12.7. The number of amides is 3. The highest BCUT2D eigenvalue weighted by molar-refractivity contribution is 6.07. The Hall–Kier alpha value is -3.39. The summed E-state index contributed by atoms with van der Waals surface area (Å²) in [5.74, 6) is -0.813. The van der Waals surface area contributed by atoms with Crippen molar-refractivity contribution in [1.29, 1.82) is 0 Å². The quantitative estimate of drug-likeness (QED) is 0.640. The van der Waals surface area contributed by atoms with Crippen molar-refractivity contribution >= 4 is 29.1 Å². The second-order valence-electron chi connectivity index (χ2n) is 6.57. The van der Waals surface area contributed by atoms with Crippen LogP contribution in [0, 0.1) is 6.92 Å². The number of rotatable bonds is 8. The van der Waals surface area contributed by atoms with Gasteiger partial charge in [0.2, 0.25) is 5.91 Å². The van der Waals surface area contributed by atoms with Crippen molar-refractivity contribution < 1.29 is 19.1 Å². The van der Waals surface area contributed by atoms with E-state index in [1.807, 2.05) is 13.0 Å². The number of primary amides is 1. The third-order valence-corrected chi connectivity index (χ3v) is 3.63. The summed E-state index contributed by atoms with van der Waals surface area (Å²) >= 11 is 0. The molecule has 148 valence electrons. The SMILES string of the molecule is Cc1ccc(NC(=O)CN(C)C)c(NC(=O)c2cccc(OCC(N)=O)c2)c1. The summed E-state index contributed by atoms with van der Waals surface area (Å²) in [5, 5.41) is 5.60. The molecule has 0 atom stereocenters. The zero-order valence-electron chi connectivity index (χ0n) is 16.1. The lowest BCUT2D eigenvalue weighted by Gasteiger charge is -2.15. The highest BCUT2D eigenvalue weighted by Gasteiger charge is 2.13. The first kappa shape index (κ1) is 20.9. The van der Waals surface area contributed by atoms with Gasteiger partial charge < -0.3 is 26.0 Å². The second kappa shape index (κ2) is 9.52. The summed E-state index contributed by atoms with van der Waals surface area (Å²) in [6, 6.07) is 11.8. The molecule has 0 bridgehead atoms. The minimum atomic E-state index is -0.604. The molecule has 0 heterocycles. The van der Waals surface area contributed by atoms with Gasteiger partial charge in [-0.15, -0.1) is 0 Å². The molecule has 3 amide bonds. The Labute approximate surface area is 163 Å². The Kier molecular flexibility index (Phi) is 7.11. The number of hydrogen-bond donors (Lipinski definition) is 3. The normalized spacial score (nSPS) is 10.4. The number of nitrogens with zero attached hydrogens (tertiary/aromatic N) is 1. The van der Waals surface area contributed by atoms with Crippen LogP contribution in [0.15, 0.2) is 42.5 Å². The van der Waals surface area contributed by atoms with Gasteiger partial charge >= 0.3 is 0 Å². The lowest BCUT2D eigenvalue weighted by atomic mass is 10.1. The molecular weight excluding hydrogens is 360 g/mol. The van der Waals surface area contributed by atoms with Crippen molar-refractivity contribution in [2.45, 2.75) is 6.92 Å². The van der Waals surface area contributed by atoms with Crippen LogP contribution in [0.2, 0.25) is 0 Å². The predicted octanol–water partition coefficient (Wildman–Crippen LogP) is 1.61. The first-order valence-corrected chi connectivity index (χ1v) is 8.62. The highest BCUT2D eigenvalue weighted by Crippen LogP contribution is 2.24. The summed E-state index contributed by atoms with van der Waals surface area (Å²) in [6.07, 6.45) is 0. The van der Waals surface area contributed by atoms with Crippen LogP contribution in [0.5, 0.6) is 5.75 Å². The number of ether oxygens (including phenoxy) is 1. The summed E-state index contributed by atoms with van der Waals surface area (Å²) in [7, 11) is 3.59. The molecule has 4 N–H and O–H groups in total. The van der Waals surface area contributed by atoms with Gasteiger partial charge in [0.1, 0.15) is 5.75 Å². The largest absolute Gasteiger partial charge is 0.484 e. The number of anilines is 2. The van der Waals surface area contributed by atoms with Gasteiger partial charge in [0.05, 0.1) is 17.9 Å². The zero-order chi connectivity index (χ0) is 20.7. The summed E-state index contributed by atoms with van der Waals surface area (Å²) in [6.45, 7) is 1.84. The van der Waals surface area contributed by atoms with Crippen molar-refractivity contribution in [3.63, 3.8) is 0 Å². The molecule has 28 heavy (non-hydrogen) atoms. The van der Waals surface area contributed by atoms with Crippen molar-refractivity contribution in [1.82, 2.24) is 4.90 Å². The minimum Gasteiger partial charge on any atom is -0.484 e. The van der Waals surface area contributed by atoms with Gasteiger partial charge in [-0.3, -0.25) is 14.4 Å². The van der Waals surface area contributed by atoms with Crippen molar-refractivity contribution in [3.05, 3.63) is 53.6 Å². The van der Waals surface area contributed by atoms with E-state index >= 15 is 0 Å². The van der Waals surface area contributed by atoms with Gasteiger partial charge in [-0.25, -0.2) is 0 Å². The Balaban J connectivity index is 2.17. The molecular formula is C20H24N4O4. The molecule has 0 saturated heterocycles. The molecule has 8 heteroatoms. The molecule has 0 saturated carbocycles. The Morgan fingerprint density at radius 1 is 1.04 bits per heavy atom. The molecule has 0 aromatic heterocycles. The molecule has 8 nitrogen and oxygen atoms in total. The van der Waals surface area contributed by atoms with E-state index in [0.29, 0.717) is 22.7 Å².